The smallest absolute Gasteiger partial charge is 0.166 e. The van der Waals surface area contributed by atoms with Gasteiger partial charge in [0, 0.05) is 22.0 Å². The molecule has 0 amide bonds. The van der Waals surface area contributed by atoms with Crippen molar-refractivity contribution < 1.29 is 4.79 Å². The molecule has 1 aromatic rings. The second kappa shape index (κ2) is 4.73. The first kappa shape index (κ1) is 12.3. The first-order valence-corrected chi connectivity index (χ1v) is 7.84. The third kappa shape index (κ3) is 2.23. The van der Waals surface area contributed by atoms with Crippen molar-refractivity contribution in [2.24, 2.45) is 5.92 Å². The lowest BCUT2D eigenvalue weighted by Gasteiger charge is -2.26. The van der Waals surface area contributed by atoms with Gasteiger partial charge in [0.25, 0.3) is 0 Å². The van der Waals surface area contributed by atoms with Crippen LogP contribution in [-0.4, -0.2) is 16.3 Å². The molecule has 2 bridgehead atoms. The minimum atomic E-state index is 0.283. The van der Waals surface area contributed by atoms with Gasteiger partial charge in [0.2, 0.25) is 0 Å². The fraction of sp³-hybridized carbons (Fsp3) is 0.562. The molecule has 96 valence electrons. The van der Waals surface area contributed by atoms with Gasteiger partial charge < -0.3 is 0 Å². The Morgan fingerprint density at radius 2 is 1.78 bits per heavy atom. The second-order valence-electron chi connectivity index (χ2n) is 5.79. The third-order valence-electron chi connectivity index (χ3n) is 4.45. The Labute approximate surface area is 113 Å². The Bertz CT molecular complexity index is 468. The van der Waals surface area contributed by atoms with Gasteiger partial charge >= 0.3 is 0 Å². The molecule has 18 heavy (non-hydrogen) atoms. The highest BCUT2D eigenvalue weighted by atomic mass is 32.2. The van der Waals surface area contributed by atoms with Crippen molar-refractivity contribution >= 4 is 17.5 Å². The fourth-order valence-electron chi connectivity index (χ4n) is 3.20. The molecule has 0 radical (unpaired) electrons. The van der Waals surface area contributed by atoms with E-state index in [0.29, 0.717) is 5.78 Å². The minimum Gasteiger partial charge on any atom is -0.294 e. The number of thioether (sulfide) groups is 1. The topological polar surface area (TPSA) is 17.1 Å². The zero-order valence-electron chi connectivity index (χ0n) is 11.1. The quantitative estimate of drug-likeness (QED) is 0.743. The van der Waals surface area contributed by atoms with Crippen LogP contribution in [-0.2, 0) is 0 Å². The Morgan fingerprint density at radius 1 is 1.11 bits per heavy atom. The third-order valence-corrected chi connectivity index (χ3v) is 6.08. The van der Waals surface area contributed by atoms with Crippen molar-refractivity contribution in [2.45, 2.75) is 50.0 Å². The van der Waals surface area contributed by atoms with E-state index in [-0.39, 0.29) is 5.92 Å². The molecular formula is C16H20OS. The summed E-state index contributed by atoms with van der Waals surface area (Å²) in [5, 5.41) is 1.51. The van der Waals surface area contributed by atoms with Gasteiger partial charge in [0.05, 0.1) is 0 Å². The second-order valence-corrected chi connectivity index (χ2v) is 7.39. The van der Waals surface area contributed by atoms with Gasteiger partial charge in [-0.1, -0.05) is 12.1 Å². The molecule has 1 nitrogen and oxygen atoms in total. The Morgan fingerprint density at radius 3 is 2.39 bits per heavy atom. The highest BCUT2D eigenvalue weighted by molar-refractivity contribution is 8.00. The summed E-state index contributed by atoms with van der Waals surface area (Å²) >= 11 is 2.12. The van der Waals surface area contributed by atoms with E-state index in [0.717, 1.165) is 28.9 Å². The Kier molecular flexibility index (Phi) is 3.23. The fourth-order valence-corrected chi connectivity index (χ4v) is 4.98. The van der Waals surface area contributed by atoms with Gasteiger partial charge in [-0.2, -0.15) is 11.8 Å². The van der Waals surface area contributed by atoms with Crippen molar-refractivity contribution in [3.63, 3.8) is 0 Å². The first-order chi connectivity index (χ1) is 8.63. The van der Waals surface area contributed by atoms with E-state index in [4.69, 9.17) is 0 Å². The number of hydrogen-bond acceptors (Lipinski definition) is 2. The summed E-state index contributed by atoms with van der Waals surface area (Å²) in [6.07, 6.45) is 4.86. The van der Waals surface area contributed by atoms with Crippen LogP contribution >= 0.6 is 11.8 Å². The molecule has 3 rings (SSSR count). The zero-order chi connectivity index (χ0) is 12.7. The molecule has 2 heterocycles. The summed E-state index contributed by atoms with van der Waals surface area (Å²) in [6, 6.07) is 6.16. The lowest BCUT2D eigenvalue weighted by atomic mass is 9.89. The van der Waals surface area contributed by atoms with E-state index in [1.54, 1.807) is 0 Å². The predicted molar refractivity (Wildman–Crippen MR) is 77.4 cm³/mol. The summed E-state index contributed by atoms with van der Waals surface area (Å²) in [7, 11) is 0. The van der Waals surface area contributed by atoms with Crippen molar-refractivity contribution in [3.05, 3.63) is 34.9 Å². The standard InChI is InChI=1S/C16H20OS/c1-10-3-4-12(7-11(10)2)16(17)13-8-14-5-6-15(9-13)18-14/h3-4,7,13-15H,5-6,8-9H2,1-2H3. The Balaban J connectivity index is 1.79. The number of fused-ring (bicyclic) bond motifs is 2. The molecule has 0 saturated carbocycles. The van der Waals surface area contributed by atoms with Gasteiger partial charge in [-0.3, -0.25) is 4.79 Å². The molecule has 2 atom stereocenters. The van der Waals surface area contributed by atoms with Crippen LogP contribution in [0, 0.1) is 19.8 Å². The minimum absolute atomic E-state index is 0.283. The van der Waals surface area contributed by atoms with Crippen molar-refractivity contribution in [3.8, 4) is 0 Å². The number of benzene rings is 1. The summed E-state index contributed by atoms with van der Waals surface area (Å²) in [5.74, 6) is 0.668. The molecule has 2 unspecified atom stereocenters. The maximum absolute atomic E-state index is 12.6. The number of Topliss-reactive ketones (excluding diaryl/α,β-unsaturated/α-hetero) is 1. The predicted octanol–water partition coefficient (Wildman–Crippen LogP) is 4.16. The number of hydrogen-bond donors (Lipinski definition) is 0. The van der Waals surface area contributed by atoms with Crippen LogP contribution in [0.4, 0.5) is 0 Å². The number of carbonyl (C=O) groups excluding carboxylic acids is 1. The molecule has 0 N–H and O–H groups in total. The molecule has 2 fully saturated rings. The molecule has 0 spiro atoms. The SMILES string of the molecule is Cc1ccc(C(=O)C2CC3CCC(C2)S3)cc1C. The van der Waals surface area contributed by atoms with Crippen LogP contribution in [0.25, 0.3) is 0 Å². The van der Waals surface area contributed by atoms with Crippen molar-refractivity contribution in [2.75, 3.05) is 0 Å². The number of rotatable bonds is 2. The molecular weight excluding hydrogens is 240 g/mol. The van der Waals surface area contributed by atoms with E-state index in [1.165, 1.54) is 24.0 Å². The van der Waals surface area contributed by atoms with Crippen LogP contribution < -0.4 is 0 Å². The number of ketones is 1. The summed E-state index contributed by atoms with van der Waals surface area (Å²) in [6.45, 7) is 4.19. The Hall–Kier alpha value is -0.760. The normalized spacial score (nSPS) is 30.4. The maximum Gasteiger partial charge on any atom is 0.166 e. The van der Waals surface area contributed by atoms with Crippen LogP contribution in [0.15, 0.2) is 18.2 Å². The summed E-state index contributed by atoms with van der Waals surface area (Å²) in [5.41, 5.74) is 3.43. The summed E-state index contributed by atoms with van der Waals surface area (Å²) in [4.78, 5) is 12.6. The van der Waals surface area contributed by atoms with E-state index >= 15 is 0 Å². The zero-order valence-corrected chi connectivity index (χ0v) is 11.9. The van der Waals surface area contributed by atoms with Gasteiger partial charge in [0.15, 0.2) is 5.78 Å². The lowest BCUT2D eigenvalue weighted by molar-refractivity contribution is 0.0907. The highest BCUT2D eigenvalue weighted by Gasteiger charge is 2.37. The van der Waals surface area contributed by atoms with Crippen LogP contribution in [0.1, 0.15) is 47.2 Å². The number of aryl methyl sites for hydroxylation is 2. The van der Waals surface area contributed by atoms with Crippen LogP contribution in [0.2, 0.25) is 0 Å². The lowest BCUT2D eigenvalue weighted by Crippen LogP contribution is -2.24. The van der Waals surface area contributed by atoms with Gasteiger partial charge in [-0.15, -0.1) is 0 Å². The molecule has 2 heteroatoms. The van der Waals surface area contributed by atoms with Crippen LogP contribution in [0.5, 0.6) is 0 Å². The van der Waals surface area contributed by atoms with Gasteiger partial charge in [-0.05, 0) is 56.7 Å². The van der Waals surface area contributed by atoms with E-state index in [1.807, 2.05) is 6.07 Å². The molecule has 0 aliphatic carbocycles. The monoisotopic (exact) mass is 260 g/mol. The number of carbonyl (C=O) groups is 1. The van der Waals surface area contributed by atoms with E-state index < -0.39 is 0 Å². The molecule has 2 saturated heterocycles. The molecule has 2 aliphatic rings. The highest BCUT2D eigenvalue weighted by Crippen LogP contribution is 2.46. The first-order valence-electron chi connectivity index (χ1n) is 6.90. The average molecular weight is 260 g/mol. The molecule has 2 aliphatic heterocycles. The average Bonchev–Trinajstić information content (AvgIpc) is 2.71. The van der Waals surface area contributed by atoms with E-state index in [9.17, 15) is 4.79 Å². The van der Waals surface area contributed by atoms with Crippen molar-refractivity contribution in [1.29, 1.82) is 0 Å². The largest absolute Gasteiger partial charge is 0.294 e. The van der Waals surface area contributed by atoms with E-state index in [2.05, 4.69) is 37.7 Å². The maximum atomic E-state index is 12.6. The van der Waals surface area contributed by atoms with Crippen molar-refractivity contribution in [1.82, 2.24) is 0 Å². The van der Waals surface area contributed by atoms with Gasteiger partial charge in [-0.25, -0.2) is 0 Å². The molecule has 0 aromatic heterocycles. The van der Waals surface area contributed by atoms with Crippen LogP contribution in [0.3, 0.4) is 0 Å². The molecule has 1 aromatic carbocycles. The summed E-state index contributed by atoms with van der Waals surface area (Å²) < 4.78 is 0. The van der Waals surface area contributed by atoms with Gasteiger partial charge in [0.1, 0.15) is 0 Å².